The van der Waals surface area contributed by atoms with Crippen molar-refractivity contribution in [3.63, 3.8) is 0 Å². The Morgan fingerprint density at radius 2 is 1.92 bits per heavy atom. The van der Waals surface area contributed by atoms with Gasteiger partial charge in [0.25, 0.3) is 0 Å². The highest BCUT2D eigenvalue weighted by atomic mass is 16.5. The number of likely N-dealkylation sites (N-methyl/N-ethyl adjacent to an activating group) is 1. The lowest BCUT2D eigenvalue weighted by atomic mass is 9.48. The summed E-state index contributed by atoms with van der Waals surface area (Å²) in [4.78, 5) is 25.6. The fourth-order valence-corrected chi connectivity index (χ4v) is 7.08. The lowest BCUT2D eigenvalue weighted by molar-refractivity contribution is -0.159. The summed E-state index contributed by atoms with van der Waals surface area (Å²) in [5.74, 6) is 1.97. The standard InChI is InChI=1S/C21H31NO3/c1-13(23)25-18-8-6-15-14-5-7-17-20(2,12-10-19(24)22(17)4)16(14)9-11-21(15,18)3/h10,12,14-18H,5-9,11H2,1-4H3/t14-,15-,16+,17?,18?,20+,21-/m0/s1. The molecule has 3 aliphatic carbocycles. The Morgan fingerprint density at radius 1 is 1.16 bits per heavy atom. The van der Waals surface area contributed by atoms with Crippen LogP contribution in [0.25, 0.3) is 0 Å². The summed E-state index contributed by atoms with van der Waals surface area (Å²) in [6, 6.07) is 0.335. The molecular weight excluding hydrogens is 314 g/mol. The Bertz CT molecular complexity index is 629. The number of nitrogens with zero attached hydrogens (tertiary/aromatic N) is 1. The molecule has 0 bridgehead atoms. The summed E-state index contributed by atoms with van der Waals surface area (Å²) < 4.78 is 5.72. The van der Waals surface area contributed by atoms with Gasteiger partial charge < -0.3 is 9.64 Å². The minimum absolute atomic E-state index is 0.0897. The van der Waals surface area contributed by atoms with Crippen molar-refractivity contribution in [1.82, 2.24) is 4.90 Å². The smallest absolute Gasteiger partial charge is 0.302 e. The van der Waals surface area contributed by atoms with Crippen molar-refractivity contribution in [3.05, 3.63) is 12.2 Å². The van der Waals surface area contributed by atoms with Crippen molar-refractivity contribution in [1.29, 1.82) is 0 Å². The van der Waals surface area contributed by atoms with Crippen LogP contribution in [0.15, 0.2) is 12.2 Å². The summed E-state index contributed by atoms with van der Waals surface area (Å²) in [6.45, 7) is 6.26. The van der Waals surface area contributed by atoms with Crippen LogP contribution in [0.2, 0.25) is 0 Å². The summed E-state index contributed by atoms with van der Waals surface area (Å²) >= 11 is 0. The van der Waals surface area contributed by atoms with Crippen molar-refractivity contribution >= 4 is 11.9 Å². The predicted octanol–water partition coefficient (Wildman–Crippen LogP) is 3.56. The SMILES string of the molecule is CC(=O)OC1CC[C@H]2[C@@H]3CCC4N(C)C(=O)C=C[C@]4(C)[C@@H]3CC[C@]12C. The lowest BCUT2D eigenvalue weighted by Crippen LogP contribution is -2.59. The maximum atomic E-state index is 12.1. The fourth-order valence-electron chi connectivity index (χ4n) is 7.08. The molecule has 3 fully saturated rings. The van der Waals surface area contributed by atoms with Gasteiger partial charge >= 0.3 is 5.97 Å². The Kier molecular flexibility index (Phi) is 3.82. The summed E-state index contributed by atoms with van der Waals surface area (Å²) in [5, 5.41) is 0. The minimum Gasteiger partial charge on any atom is -0.462 e. The van der Waals surface area contributed by atoms with Crippen molar-refractivity contribution in [2.45, 2.75) is 71.4 Å². The number of amides is 1. The van der Waals surface area contributed by atoms with Crippen LogP contribution >= 0.6 is 0 Å². The van der Waals surface area contributed by atoms with E-state index >= 15 is 0 Å². The first kappa shape index (κ1) is 17.1. The van der Waals surface area contributed by atoms with Crippen LogP contribution in [-0.2, 0) is 14.3 Å². The first-order chi connectivity index (χ1) is 11.8. The van der Waals surface area contributed by atoms with Crippen LogP contribution in [0.1, 0.15) is 59.3 Å². The highest BCUT2D eigenvalue weighted by molar-refractivity contribution is 5.89. The molecular formula is C21H31NO3. The van der Waals surface area contributed by atoms with Crippen LogP contribution in [-0.4, -0.2) is 36.0 Å². The van der Waals surface area contributed by atoms with Gasteiger partial charge in [0.05, 0.1) is 0 Å². The van der Waals surface area contributed by atoms with Crippen molar-refractivity contribution < 1.29 is 14.3 Å². The van der Waals surface area contributed by atoms with Crippen LogP contribution in [0.4, 0.5) is 0 Å². The molecule has 4 rings (SSSR count). The maximum absolute atomic E-state index is 12.1. The fraction of sp³-hybridized carbons (Fsp3) is 0.810. The minimum atomic E-state index is -0.139. The number of hydrogen-bond donors (Lipinski definition) is 0. The normalized spacial score (nSPS) is 48.6. The van der Waals surface area contributed by atoms with E-state index in [2.05, 4.69) is 19.9 Å². The number of ether oxygens (including phenoxy) is 1. The van der Waals surface area contributed by atoms with E-state index in [-0.39, 0.29) is 28.8 Å². The summed E-state index contributed by atoms with van der Waals surface area (Å²) in [7, 11) is 1.97. The van der Waals surface area contributed by atoms with Gasteiger partial charge in [-0.3, -0.25) is 9.59 Å². The van der Waals surface area contributed by atoms with Gasteiger partial charge in [0, 0.05) is 30.8 Å². The van der Waals surface area contributed by atoms with Crippen molar-refractivity contribution in [2.24, 2.45) is 28.6 Å². The van der Waals surface area contributed by atoms with Crippen molar-refractivity contribution in [2.75, 3.05) is 7.05 Å². The number of esters is 1. The van der Waals surface area contributed by atoms with Gasteiger partial charge in [-0.25, -0.2) is 0 Å². The van der Waals surface area contributed by atoms with Gasteiger partial charge in [-0.15, -0.1) is 0 Å². The number of carbonyl (C=O) groups excluding carboxylic acids is 2. The van der Waals surface area contributed by atoms with Gasteiger partial charge in [-0.2, -0.15) is 0 Å². The third kappa shape index (κ3) is 2.32. The monoisotopic (exact) mass is 345 g/mol. The van der Waals surface area contributed by atoms with E-state index in [4.69, 9.17) is 4.74 Å². The average Bonchev–Trinajstić information content (AvgIpc) is 2.88. The molecule has 1 amide bonds. The van der Waals surface area contributed by atoms with E-state index in [1.54, 1.807) is 6.08 Å². The average molecular weight is 345 g/mol. The Balaban J connectivity index is 1.63. The number of hydrogen-bond acceptors (Lipinski definition) is 3. The molecule has 0 aromatic heterocycles. The number of fused-ring (bicyclic) bond motifs is 5. The molecule has 3 saturated carbocycles. The van der Waals surface area contributed by atoms with Gasteiger partial charge in [0.2, 0.25) is 5.91 Å². The Morgan fingerprint density at radius 3 is 2.64 bits per heavy atom. The predicted molar refractivity (Wildman–Crippen MR) is 95.6 cm³/mol. The second-order valence-electron chi connectivity index (χ2n) is 9.34. The Labute approximate surface area is 151 Å². The molecule has 1 aliphatic heterocycles. The molecule has 1 heterocycles. The Hall–Kier alpha value is -1.32. The van der Waals surface area contributed by atoms with Gasteiger partial charge in [-0.05, 0) is 62.4 Å². The molecule has 0 N–H and O–H groups in total. The van der Waals surface area contributed by atoms with E-state index < -0.39 is 0 Å². The molecule has 4 nitrogen and oxygen atoms in total. The summed E-state index contributed by atoms with van der Waals surface area (Å²) in [6.07, 6.45) is 10.9. The van der Waals surface area contributed by atoms with E-state index in [1.807, 2.05) is 11.9 Å². The molecule has 7 atom stereocenters. The molecule has 25 heavy (non-hydrogen) atoms. The highest BCUT2D eigenvalue weighted by Gasteiger charge is 2.61. The molecule has 138 valence electrons. The summed E-state index contributed by atoms with van der Waals surface area (Å²) in [5.41, 5.74) is 0.225. The van der Waals surface area contributed by atoms with E-state index in [9.17, 15) is 9.59 Å². The zero-order chi connectivity index (χ0) is 18.0. The second kappa shape index (κ2) is 5.59. The largest absolute Gasteiger partial charge is 0.462 e. The zero-order valence-corrected chi connectivity index (χ0v) is 16.0. The number of carbonyl (C=O) groups is 2. The van der Waals surface area contributed by atoms with E-state index in [0.717, 1.165) is 19.3 Å². The second-order valence-corrected chi connectivity index (χ2v) is 9.34. The molecule has 4 heteroatoms. The van der Waals surface area contributed by atoms with Crippen LogP contribution in [0.5, 0.6) is 0 Å². The molecule has 0 radical (unpaired) electrons. The van der Waals surface area contributed by atoms with E-state index in [0.29, 0.717) is 23.8 Å². The first-order valence-electron chi connectivity index (χ1n) is 9.90. The van der Waals surface area contributed by atoms with Gasteiger partial charge in [-0.1, -0.05) is 19.9 Å². The van der Waals surface area contributed by atoms with Crippen LogP contribution in [0, 0.1) is 28.6 Å². The first-order valence-corrected chi connectivity index (χ1v) is 9.90. The maximum Gasteiger partial charge on any atom is 0.302 e. The molecule has 4 aliphatic rings. The van der Waals surface area contributed by atoms with Crippen LogP contribution in [0.3, 0.4) is 0 Å². The molecule has 2 unspecified atom stereocenters. The number of rotatable bonds is 1. The molecule has 0 aromatic carbocycles. The topological polar surface area (TPSA) is 46.6 Å². The van der Waals surface area contributed by atoms with Crippen molar-refractivity contribution in [3.8, 4) is 0 Å². The quantitative estimate of drug-likeness (QED) is 0.683. The third-order valence-electron chi connectivity index (χ3n) is 8.35. The lowest BCUT2D eigenvalue weighted by Gasteiger charge is -2.60. The molecule has 0 spiro atoms. The molecule has 0 saturated heterocycles. The van der Waals surface area contributed by atoms with E-state index in [1.165, 1.54) is 26.2 Å². The highest BCUT2D eigenvalue weighted by Crippen LogP contribution is 2.64. The third-order valence-corrected chi connectivity index (χ3v) is 8.35. The van der Waals surface area contributed by atoms with Gasteiger partial charge in [0.15, 0.2) is 0 Å². The zero-order valence-electron chi connectivity index (χ0n) is 16.0. The van der Waals surface area contributed by atoms with Crippen LogP contribution < -0.4 is 0 Å². The van der Waals surface area contributed by atoms with Gasteiger partial charge in [0.1, 0.15) is 6.10 Å². The molecule has 0 aromatic rings.